The number of anilines is 2. The van der Waals surface area contributed by atoms with Crippen molar-refractivity contribution >= 4 is 17.7 Å². The third kappa shape index (κ3) is 3.07. The molecule has 1 aliphatic rings. The molecule has 1 saturated carbocycles. The minimum Gasteiger partial charge on any atom is -0.352 e. The van der Waals surface area contributed by atoms with Gasteiger partial charge in [-0.05, 0) is 19.8 Å². The van der Waals surface area contributed by atoms with Crippen LogP contribution in [0.4, 0.5) is 11.8 Å². The molecule has 1 aliphatic carbocycles. The standard InChI is InChI=1S/C11H18N6O/c1-7-5-13-11(16-12)15-10(7)17(2)6-9(18)14-8-3-4-8/h5,8H,3-4,6,12H2,1-2H3,(H,14,18)(H,13,15,16). The second-order valence-electron chi connectivity index (χ2n) is 4.54. The van der Waals surface area contributed by atoms with Gasteiger partial charge in [-0.15, -0.1) is 0 Å². The summed E-state index contributed by atoms with van der Waals surface area (Å²) in [5.74, 6) is 6.32. The first-order chi connectivity index (χ1) is 8.60. The first-order valence-electron chi connectivity index (χ1n) is 5.91. The van der Waals surface area contributed by atoms with Crippen LogP contribution in [0.25, 0.3) is 0 Å². The van der Waals surface area contributed by atoms with Crippen LogP contribution in [0, 0.1) is 6.92 Å². The van der Waals surface area contributed by atoms with Gasteiger partial charge in [0, 0.05) is 24.8 Å². The molecule has 0 bridgehead atoms. The Bertz CT molecular complexity index is 445. The van der Waals surface area contributed by atoms with E-state index in [0.29, 0.717) is 17.8 Å². The second-order valence-corrected chi connectivity index (χ2v) is 4.54. The number of likely N-dealkylation sites (N-methyl/N-ethyl adjacent to an activating group) is 1. The fourth-order valence-electron chi connectivity index (χ4n) is 1.68. The number of nitrogen functional groups attached to an aromatic ring is 1. The lowest BCUT2D eigenvalue weighted by Gasteiger charge is -2.19. The number of carbonyl (C=O) groups excluding carboxylic acids is 1. The summed E-state index contributed by atoms with van der Waals surface area (Å²) in [5.41, 5.74) is 3.29. The summed E-state index contributed by atoms with van der Waals surface area (Å²) in [6, 6.07) is 0.374. The largest absolute Gasteiger partial charge is 0.352 e. The Labute approximate surface area is 106 Å². The molecule has 1 heterocycles. The number of amides is 1. The molecule has 7 heteroatoms. The number of aromatic nitrogens is 2. The number of hydrogen-bond donors (Lipinski definition) is 3. The Balaban J connectivity index is 2.02. The van der Waals surface area contributed by atoms with E-state index in [4.69, 9.17) is 5.84 Å². The van der Waals surface area contributed by atoms with Gasteiger partial charge in [0.05, 0.1) is 6.54 Å². The quantitative estimate of drug-likeness (QED) is 0.494. The molecule has 0 radical (unpaired) electrons. The molecule has 4 N–H and O–H groups in total. The zero-order valence-electron chi connectivity index (χ0n) is 10.6. The number of aryl methyl sites for hydroxylation is 1. The minimum atomic E-state index is 0.0141. The van der Waals surface area contributed by atoms with E-state index in [-0.39, 0.29) is 12.5 Å². The Morgan fingerprint density at radius 2 is 2.33 bits per heavy atom. The van der Waals surface area contributed by atoms with Gasteiger partial charge >= 0.3 is 0 Å². The van der Waals surface area contributed by atoms with Crippen LogP contribution in [0.2, 0.25) is 0 Å². The molecular weight excluding hydrogens is 232 g/mol. The van der Waals surface area contributed by atoms with Gasteiger partial charge in [-0.2, -0.15) is 4.98 Å². The maximum Gasteiger partial charge on any atom is 0.239 e. The van der Waals surface area contributed by atoms with Gasteiger partial charge in [-0.1, -0.05) is 0 Å². The molecule has 18 heavy (non-hydrogen) atoms. The highest BCUT2D eigenvalue weighted by Gasteiger charge is 2.24. The van der Waals surface area contributed by atoms with Crippen LogP contribution < -0.4 is 21.5 Å². The number of nitrogens with two attached hydrogens (primary N) is 1. The van der Waals surface area contributed by atoms with Crippen molar-refractivity contribution in [3.05, 3.63) is 11.8 Å². The van der Waals surface area contributed by atoms with Crippen molar-refractivity contribution in [2.75, 3.05) is 23.9 Å². The van der Waals surface area contributed by atoms with Gasteiger partial charge in [-0.25, -0.2) is 10.8 Å². The van der Waals surface area contributed by atoms with Crippen LogP contribution in [-0.2, 0) is 4.79 Å². The van der Waals surface area contributed by atoms with Crippen LogP contribution in [0.1, 0.15) is 18.4 Å². The highest BCUT2D eigenvalue weighted by Crippen LogP contribution is 2.19. The Morgan fingerprint density at radius 1 is 1.61 bits per heavy atom. The normalized spacial score (nSPS) is 14.2. The van der Waals surface area contributed by atoms with E-state index >= 15 is 0 Å². The van der Waals surface area contributed by atoms with Crippen molar-refractivity contribution in [1.29, 1.82) is 0 Å². The molecule has 1 amide bonds. The Kier molecular flexibility index (Phi) is 3.61. The van der Waals surface area contributed by atoms with Crippen LogP contribution >= 0.6 is 0 Å². The van der Waals surface area contributed by atoms with E-state index in [9.17, 15) is 4.79 Å². The lowest BCUT2D eigenvalue weighted by molar-refractivity contribution is -0.119. The molecule has 0 atom stereocenters. The SMILES string of the molecule is Cc1cnc(NN)nc1N(C)CC(=O)NC1CC1. The number of hydrogen-bond acceptors (Lipinski definition) is 6. The number of hydrazine groups is 1. The predicted octanol–water partition coefficient (Wildman–Crippen LogP) is -0.215. The monoisotopic (exact) mass is 250 g/mol. The van der Waals surface area contributed by atoms with Gasteiger partial charge in [0.15, 0.2) is 0 Å². The maximum atomic E-state index is 11.7. The summed E-state index contributed by atoms with van der Waals surface area (Å²) in [6.07, 6.45) is 3.85. The number of rotatable bonds is 5. The van der Waals surface area contributed by atoms with Gasteiger partial charge in [-0.3, -0.25) is 10.2 Å². The molecule has 98 valence electrons. The fraction of sp³-hybridized carbons (Fsp3) is 0.545. The molecule has 7 nitrogen and oxygen atoms in total. The van der Waals surface area contributed by atoms with Gasteiger partial charge < -0.3 is 10.2 Å². The van der Waals surface area contributed by atoms with Crippen molar-refractivity contribution in [2.24, 2.45) is 5.84 Å². The average molecular weight is 250 g/mol. The fourth-order valence-corrected chi connectivity index (χ4v) is 1.68. The van der Waals surface area contributed by atoms with Crippen molar-refractivity contribution in [3.63, 3.8) is 0 Å². The minimum absolute atomic E-state index is 0.0141. The van der Waals surface area contributed by atoms with E-state index in [2.05, 4.69) is 20.7 Å². The van der Waals surface area contributed by atoms with Gasteiger partial charge in [0.1, 0.15) is 5.82 Å². The zero-order chi connectivity index (χ0) is 13.1. The Morgan fingerprint density at radius 3 is 2.94 bits per heavy atom. The van der Waals surface area contributed by atoms with Crippen molar-refractivity contribution < 1.29 is 4.79 Å². The summed E-state index contributed by atoms with van der Waals surface area (Å²) in [4.78, 5) is 21.7. The van der Waals surface area contributed by atoms with Gasteiger partial charge in [0.2, 0.25) is 11.9 Å². The van der Waals surface area contributed by atoms with E-state index in [1.807, 2.05) is 14.0 Å². The molecule has 1 aromatic heterocycles. The summed E-state index contributed by atoms with van der Waals surface area (Å²) < 4.78 is 0. The third-order valence-corrected chi connectivity index (χ3v) is 2.76. The molecule has 0 unspecified atom stereocenters. The highest BCUT2D eigenvalue weighted by atomic mass is 16.2. The molecular formula is C11H18N6O. The first kappa shape index (κ1) is 12.6. The van der Waals surface area contributed by atoms with Crippen LogP contribution in [0.3, 0.4) is 0 Å². The maximum absolute atomic E-state index is 11.7. The van der Waals surface area contributed by atoms with E-state index < -0.39 is 0 Å². The molecule has 0 saturated heterocycles. The summed E-state index contributed by atoms with van der Waals surface area (Å²) in [6.45, 7) is 2.17. The number of nitrogens with one attached hydrogen (secondary N) is 2. The van der Waals surface area contributed by atoms with Crippen molar-refractivity contribution in [1.82, 2.24) is 15.3 Å². The summed E-state index contributed by atoms with van der Waals surface area (Å²) >= 11 is 0. The lowest BCUT2D eigenvalue weighted by atomic mass is 10.3. The molecule has 0 aromatic carbocycles. The van der Waals surface area contributed by atoms with Crippen LogP contribution in [-0.4, -0.2) is 35.5 Å². The number of nitrogens with zero attached hydrogens (tertiary/aromatic N) is 3. The van der Waals surface area contributed by atoms with Crippen LogP contribution in [0.5, 0.6) is 0 Å². The third-order valence-electron chi connectivity index (χ3n) is 2.76. The van der Waals surface area contributed by atoms with Gasteiger partial charge in [0.25, 0.3) is 0 Å². The topological polar surface area (TPSA) is 96.2 Å². The molecule has 1 aromatic rings. The molecule has 1 fully saturated rings. The summed E-state index contributed by atoms with van der Waals surface area (Å²) in [7, 11) is 1.82. The summed E-state index contributed by atoms with van der Waals surface area (Å²) in [5, 5.41) is 2.94. The highest BCUT2D eigenvalue weighted by molar-refractivity contribution is 5.81. The van der Waals surface area contributed by atoms with Crippen LogP contribution in [0.15, 0.2) is 6.20 Å². The first-order valence-corrected chi connectivity index (χ1v) is 5.91. The van der Waals surface area contributed by atoms with E-state index in [0.717, 1.165) is 18.4 Å². The van der Waals surface area contributed by atoms with Crippen molar-refractivity contribution in [2.45, 2.75) is 25.8 Å². The van der Waals surface area contributed by atoms with E-state index in [1.54, 1.807) is 11.1 Å². The molecule has 0 aliphatic heterocycles. The lowest BCUT2D eigenvalue weighted by Crippen LogP contribution is -2.37. The van der Waals surface area contributed by atoms with E-state index in [1.165, 1.54) is 0 Å². The number of carbonyl (C=O) groups is 1. The molecule has 0 spiro atoms. The predicted molar refractivity (Wildman–Crippen MR) is 69.0 cm³/mol. The Hall–Kier alpha value is -1.89. The second kappa shape index (κ2) is 5.18. The average Bonchev–Trinajstić information content (AvgIpc) is 3.13. The zero-order valence-corrected chi connectivity index (χ0v) is 10.6. The van der Waals surface area contributed by atoms with Crippen molar-refractivity contribution in [3.8, 4) is 0 Å². The molecule has 2 rings (SSSR count). The smallest absolute Gasteiger partial charge is 0.239 e.